The van der Waals surface area contributed by atoms with Crippen LogP contribution in [0.25, 0.3) is 10.1 Å². The lowest BCUT2D eigenvalue weighted by molar-refractivity contribution is 1.64. The van der Waals surface area contributed by atoms with Crippen LogP contribution in [0.2, 0.25) is 0 Å². The number of anilines is 1. The van der Waals surface area contributed by atoms with Crippen molar-refractivity contribution in [1.29, 1.82) is 0 Å². The first kappa shape index (κ1) is 9.61. The number of halogens is 1. The smallest absolute Gasteiger partial charge is 0.0584 e. The minimum atomic E-state index is 0.896. The molecule has 4 heteroatoms. The highest BCUT2D eigenvalue weighted by Crippen LogP contribution is 2.36. The second kappa shape index (κ2) is 3.67. The zero-order chi connectivity index (χ0) is 9.42. The van der Waals surface area contributed by atoms with Crippen LogP contribution in [-0.4, -0.2) is 6.26 Å². The maximum atomic E-state index is 5.92. The molecule has 0 saturated carbocycles. The molecule has 0 saturated heterocycles. The standard InChI is InChI=1S/C9H8INS2/c1-12-8-4-13-9-6(8)2-5(10)3-7(9)11/h2-4H,11H2,1H3. The van der Waals surface area contributed by atoms with Crippen LogP contribution in [0, 0.1) is 3.57 Å². The lowest BCUT2D eigenvalue weighted by atomic mass is 10.2. The van der Waals surface area contributed by atoms with Crippen molar-refractivity contribution in [3.63, 3.8) is 0 Å². The van der Waals surface area contributed by atoms with Crippen LogP contribution in [0.3, 0.4) is 0 Å². The Morgan fingerprint density at radius 2 is 2.23 bits per heavy atom. The molecule has 2 aromatic rings. The zero-order valence-electron chi connectivity index (χ0n) is 7.00. The van der Waals surface area contributed by atoms with Gasteiger partial charge in [-0.25, -0.2) is 0 Å². The first-order valence-corrected chi connectivity index (χ1v) is 6.91. The predicted octanol–water partition coefficient (Wildman–Crippen LogP) is 3.81. The molecule has 0 atom stereocenters. The molecule has 0 spiro atoms. The number of nitrogen functional groups attached to an aromatic ring is 1. The first-order chi connectivity index (χ1) is 6.22. The monoisotopic (exact) mass is 321 g/mol. The van der Waals surface area contributed by atoms with E-state index in [2.05, 4.69) is 40.3 Å². The Labute approximate surface area is 98.8 Å². The summed E-state index contributed by atoms with van der Waals surface area (Å²) in [6, 6.07) is 4.21. The van der Waals surface area contributed by atoms with Gasteiger partial charge in [0.05, 0.1) is 10.4 Å². The normalized spacial score (nSPS) is 10.9. The van der Waals surface area contributed by atoms with Crippen LogP contribution in [0.1, 0.15) is 0 Å². The molecule has 68 valence electrons. The number of rotatable bonds is 1. The van der Waals surface area contributed by atoms with E-state index in [-0.39, 0.29) is 0 Å². The Kier molecular flexibility index (Phi) is 2.71. The van der Waals surface area contributed by atoms with E-state index in [1.807, 2.05) is 6.07 Å². The van der Waals surface area contributed by atoms with E-state index in [0.29, 0.717) is 0 Å². The Morgan fingerprint density at radius 1 is 1.46 bits per heavy atom. The van der Waals surface area contributed by atoms with Crippen molar-refractivity contribution in [1.82, 2.24) is 0 Å². The predicted molar refractivity (Wildman–Crippen MR) is 70.7 cm³/mol. The molecule has 1 heterocycles. The molecule has 1 aromatic heterocycles. The van der Waals surface area contributed by atoms with Gasteiger partial charge in [0.15, 0.2) is 0 Å². The van der Waals surface area contributed by atoms with Crippen LogP contribution < -0.4 is 5.73 Å². The number of fused-ring (bicyclic) bond motifs is 1. The third-order valence-corrected chi connectivity index (χ3v) is 4.45. The van der Waals surface area contributed by atoms with E-state index in [9.17, 15) is 0 Å². The van der Waals surface area contributed by atoms with Gasteiger partial charge in [0, 0.05) is 19.2 Å². The van der Waals surface area contributed by atoms with E-state index in [0.717, 1.165) is 5.69 Å². The number of thiophene rings is 1. The minimum Gasteiger partial charge on any atom is -0.398 e. The quantitative estimate of drug-likeness (QED) is 0.491. The summed E-state index contributed by atoms with van der Waals surface area (Å²) >= 11 is 5.80. The lowest BCUT2D eigenvalue weighted by Crippen LogP contribution is -1.85. The van der Waals surface area contributed by atoms with Gasteiger partial charge in [-0.2, -0.15) is 0 Å². The third kappa shape index (κ3) is 1.67. The fourth-order valence-electron chi connectivity index (χ4n) is 1.26. The topological polar surface area (TPSA) is 26.0 Å². The zero-order valence-corrected chi connectivity index (χ0v) is 10.8. The summed E-state index contributed by atoms with van der Waals surface area (Å²) in [7, 11) is 0. The molecule has 2 N–H and O–H groups in total. The molecule has 0 fully saturated rings. The van der Waals surface area contributed by atoms with Gasteiger partial charge in [0.1, 0.15) is 0 Å². The molecule has 0 bridgehead atoms. The second-order valence-electron chi connectivity index (χ2n) is 2.68. The van der Waals surface area contributed by atoms with E-state index >= 15 is 0 Å². The first-order valence-electron chi connectivity index (χ1n) is 3.72. The Morgan fingerprint density at radius 3 is 2.92 bits per heavy atom. The number of benzene rings is 1. The molecule has 0 aliphatic heterocycles. The van der Waals surface area contributed by atoms with Crippen molar-refractivity contribution in [2.45, 2.75) is 4.90 Å². The fourth-order valence-corrected chi connectivity index (χ4v) is 3.73. The average molecular weight is 321 g/mol. The second-order valence-corrected chi connectivity index (χ2v) is 5.65. The Hall–Kier alpha value is 0.0600. The van der Waals surface area contributed by atoms with Gasteiger partial charge >= 0.3 is 0 Å². The lowest BCUT2D eigenvalue weighted by Gasteiger charge is -1.98. The van der Waals surface area contributed by atoms with Gasteiger partial charge in [0.25, 0.3) is 0 Å². The van der Waals surface area contributed by atoms with Crippen molar-refractivity contribution in [2.24, 2.45) is 0 Å². The number of thioether (sulfide) groups is 1. The summed E-state index contributed by atoms with van der Waals surface area (Å²) in [6.45, 7) is 0. The molecule has 1 nitrogen and oxygen atoms in total. The molecule has 0 aliphatic rings. The summed E-state index contributed by atoms with van der Waals surface area (Å²) < 4.78 is 2.42. The van der Waals surface area contributed by atoms with Gasteiger partial charge in [-0.15, -0.1) is 23.1 Å². The summed E-state index contributed by atoms with van der Waals surface area (Å²) in [5.74, 6) is 0. The highest BCUT2D eigenvalue weighted by molar-refractivity contribution is 14.1. The summed E-state index contributed by atoms with van der Waals surface area (Å²) in [6.07, 6.45) is 2.09. The summed E-state index contributed by atoms with van der Waals surface area (Å²) in [5.41, 5.74) is 6.82. The van der Waals surface area contributed by atoms with Crippen molar-refractivity contribution in [2.75, 3.05) is 12.0 Å². The van der Waals surface area contributed by atoms with Crippen molar-refractivity contribution in [3.8, 4) is 0 Å². The molecule has 1 aromatic carbocycles. The third-order valence-electron chi connectivity index (χ3n) is 1.85. The van der Waals surface area contributed by atoms with Gasteiger partial charge < -0.3 is 5.73 Å². The average Bonchev–Trinajstić information content (AvgIpc) is 2.47. The number of hydrogen-bond donors (Lipinski definition) is 1. The minimum absolute atomic E-state index is 0.896. The van der Waals surface area contributed by atoms with Crippen LogP contribution >= 0.6 is 45.7 Å². The molecule has 0 unspecified atom stereocenters. The van der Waals surface area contributed by atoms with E-state index in [4.69, 9.17) is 5.73 Å². The molecular weight excluding hydrogens is 313 g/mol. The Bertz CT molecular complexity index is 450. The fraction of sp³-hybridized carbons (Fsp3) is 0.111. The van der Waals surface area contributed by atoms with Crippen molar-refractivity contribution >= 4 is 61.5 Å². The van der Waals surface area contributed by atoms with Crippen molar-refractivity contribution < 1.29 is 0 Å². The van der Waals surface area contributed by atoms with E-state index in [1.165, 1.54) is 18.6 Å². The Balaban J connectivity index is 2.82. The maximum absolute atomic E-state index is 5.92. The molecule has 0 radical (unpaired) electrons. The van der Waals surface area contributed by atoms with Crippen LogP contribution in [-0.2, 0) is 0 Å². The molecular formula is C9H8INS2. The number of hydrogen-bond acceptors (Lipinski definition) is 3. The van der Waals surface area contributed by atoms with Gasteiger partial charge in [-0.3, -0.25) is 0 Å². The highest BCUT2D eigenvalue weighted by Gasteiger charge is 2.06. The van der Waals surface area contributed by atoms with Crippen molar-refractivity contribution in [3.05, 3.63) is 21.1 Å². The van der Waals surface area contributed by atoms with Gasteiger partial charge in [0.2, 0.25) is 0 Å². The summed E-state index contributed by atoms with van der Waals surface area (Å²) in [5, 5.41) is 3.46. The van der Waals surface area contributed by atoms with Crippen LogP contribution in [0.4, 0.5) is 5.69 Å². The summed E-state index contributed by atoms with van der Waals surface area (Å²) in [4.78, 5) is 1.32. The number of nitrogens with two attached hydrogens (primary N) is 1. The van der Waals surface area contributed by atoms with Gasteiger partial charge in [-0.05, 0) is 41.0 Å². The SMILES string of the molecule is CSc1csc2c(N)cc(I)cc12. The largest absolute Gasteiger partial charge is 0.398 e. The van der Waals surface area contributed by atoms with E-state index in [1.54, 1.807) is 23.1 Å². The molecule has 0 amide bonds. The van der Waals surface area contributed by atoms with Gasteiger partial charge in [-0.1, -0.05) is 0 Å². The highest BCUT2D eigenvalue weighted by atomic mass is 127. The van der Waals surface area contributed by atoms with Crippen LogP contribution in [0.5, 0.6) is 0 Å². The molecule has 13 heavy (non-hydrogen) atoms. The molecule has 0 aliphatic carbocycles. The molecule has 2 rings (SSSR count). The van der Waals surface area contributed by atoms with Crippen LogP contribution in [0.15, 0.2) is 22.4 Å². The maximum Gasteiger partial charge on any atom is 0.0584 e. The van der Waals surface area contributed by atoms with E-state index < -0.39 is 0 Å².